The van der Waals surface area contributed by atoms with Crippen LogP contribution in [0.25, 0.3) is 0 Å². The van der Waals surface area contributed by atoms with Gasteiger partial charge in [-0.2, -0.15) is 8.42 Å². The van der Waals surface area contributed by atoms with Crippen molar-refractivity contribution in [3.63, 3.8) is 0 Å². The largest absolute Gasteiger partial charge is 0.394 e. The third kappa shape index (κ3) is 5.48. The van der Waals surface area contributed by atoms with E-state index in [9.17, 15) is 0 Å². The van der Waals surface area contributed by atoms with Gasteiger partial charge in [-0.25, -0.2) is 0 Å². The molecule has 0 spiro atoms. The Labute approximate surface area is 88.5 Å². The molecule has 1 aliphatic rings. The van der Waals surface area contributed by atoms with Gasteiger partial charge in [-0.15, -0.1) is 0 Å². The molecule has 0 amide bonds. The maximum atomic E-state index is 8.74. The molecular weight excluding hydrogens is 218 g/mol. The molecule has 0 radical (unpaired) electrons. The molecule has 1 aromatic carbocycles. The van der Waals surface area contributed by atoms with Crippen LogP contribution >= 0.6 is 0 Å². The average Bonchev–Trinajstić information content (AvgIpc) is 2.81. The van der Waals surface area contributed by atoms with Crippen LogP contribution in [0.5, 0.6) is 0 Å². The summed E-state index contributed by atoms with van der Waals surface area (Å²) in [6, 6.07) is 10.9. The summed E-state index contributed by atoms with van der Waals surface area (Å²) in [5, 5.41) is 0. The van der Waals surface area contributed by atoms with Gasteiger partial charge in [0.25, 0.3) is 0 Å². The fraction of sp³-hybridized carbons (Fsp3) is 0.333. The van der Waals surface area contributed by atoms with Crippen LogP contribution in [0, 0.1) is 0 Å². The molecule has 1 aliphatic carbocycles. The van der Waals surface area contributed by atoms with Crippen LogP contribution in [-0.2, 0) is 10.4 Å². The van der Waals surface area contributed by atoms with Gasteiger partial charge in [0.15, 0.2) is 0 Å². The Hall–Kier alpha value is -0.950. The molecule has 1 fully saturated rings. The molecule has 0 saturated heterocycles. The highest BCUT2D eigenvalue weighted by Crippen LogP contribution is 2.38. The summed E-state index contributed by atoms with van der Waals surface area (Å²) in [5.74, 6) is 0.654. The smallest absolute Gasteiger partial charge is 0.327 e. The van der Waals surface area contributed by atoms with E-state index >= 15 is 0 Å². The van der Waals surface area contributed by atoms with Crippen molar-refractivity contribution in [2.45, 2.75) is 18.4 Å². The van der Waals surface area contributed by atoms with Crippen molar-refractivity contribution in [3.05, 3.63) is 35.9 Å². The summed E-state index contributed by atoms with van der Waals surface area (Å²) in [6.07, 6.45) is 1.17. The van der Waals surface area contributed by atoms with E-state index < -0.39 is 10.4 Å². The maximum Gasteiger partial charge on any atom is 0.394 e. The van der Waals surface area contributed by atoms with Crippen molar-refractivity contribution in [3.8, 4) is 0 Å². The predicted octanol–water partition coefficient (Wildman–Crippen LogP) is 0.848. The van der Waals surface area contributed by atoms with Crippen LogP contribution in [0.4, 0.5) is 0 Å². The number of hydrogen-bond donors (Lipinski definition) is 3. The number of benzene rings is 1. The Bertz CT molecular complexity index is 395. The molecule has 15 heavy (non-hydrogen) atoms. The van der Waals surface area contributed by atoms with Crippen LogP contribution in [-0.4, -0.2) is 23.6 Å². The Morgan fingerprint density at radius 1 is 1.20 bits per heavy atom. The maximum absolute atomic E-state index is 8.74. The minimum absolute atomic E-state index is 0.433. The quantitative estimate of drug-likeness (QED) is 0.622. The van der Waals surface area contributed by atoms with E-state index in [1.165, 1.54) is 12.0 Å². The van der Waals surface area contributed by atoms with Crippen molar-refractivity contribution < 1.29 is 17.5 Å². The highest BCUT2D eigenvalue weighted by atomic mass is 32.3. The third-order valence-electron chi connectivity index (χ3n) is 2.07. The van der Waals surface area contributed by atoms with E-state index in [-0.39, 0.29) is 0 Å². The summed E-state index contributed by atoms with van der Waals surface area (Å²) in [4.78, 5) is 0. The van der Waals surface area contributed by atoms with E-state index in [0.717, 1.165) is 0 Å². The highest BCUT2D eigenvalue weighted by molar-refractivity contribution is 7.79. The van der Waals surface area contributed by atoms with Crippen molar-refractivity contribution in [2.24, 2.45) is 5.73 Å². The van der Waals surface area contributed by atoms with E-state index in [0.29, 0.717) is 12.0 Å². The number of nitrogens with two attached hydrogens (primary N) is 1. The van der Waals surface area contributed by atoms with Crippen LogP contribution < -0.4 is 5.73 Å². The molecule has 6 heteroatoms. The Morgan fingerprint density at radius 3 is 1.93 bits per heavy atom. The molecule has 2 rings (SSSR count). The molecule has 0 aromatic heterocycles. The normalized spacial score (nSPS) is 23.9. The lowest BCUT2D eigenvalue weighted by Crippen LogP contribution is -2.00. The second-order valence-corrected chi connectivity index (χ2v) is 4.26. The molecular formula is C9H13NO4S. The minimum atomic E-state index is -4.67. The van der Waals surface area contributed by atoms with Crippen molar-refractivity contribution in [1.29, 1.82) is 0 Å². The number of rotatable bonds is 1. The second-order valence-electron chi connectivity index (χ2n) is 3.36. The summed E-state index contributed by atoms with van der Waals surface area (Å²) >= 11 is 0. The van der Waals surface area contributed by atoms with Crippen molar-refractivity contribution >= 4 is 10.4 Å². The fourth-order valence-electron chi connectivity index (χ4n) is 1.30. The van der Waals surface area contributed by atoms with Gasteiger partial charge in [0.05, 0.1) is 0 Å². The van der Waals surface area contributed by atoms with Crippen LogP contribution in [0.3, 0.4) is 0 Å². The van der Waals surface area contributed by atoms with Gasteiger partial charge in [-0.05, 0) is 12.0 Å². The molecule has 84 valence electrons. The van der Waals surface area contributed by atoms with Gasteiger partial charge < -0.3 is 5.73 Å². The zero-order chi connectivity index (χ0) is 11.5. The van der Waals surface area contributed by atoms with Crippen molar-refractivity contribution in [1.82, 2.24) is 0 Å². The van der Waals surface area contributed by atoms with Crippen LogP contribution in [0.1, 0.15) is 17.9 Å². The molecule has 1 aromatic rings. The molecule has 4 N–H and O–H groups in total. The van der Waals surface area contributed by atoms with Crippen LogP contribution in [0.2, 0.25) is 0 Å². The zero-order valence-electron chi connectivity index (χ0n) is 7.95. The first kappa shape index (κ1) is 12.1. The molecule has 5 nitrogen and oxygen atoms in total. The molecule has 0 bridgehead atoms. The Kier molecular flexibility index (Phi) is 3.81. The van der Waals surface area contributed by atoms with E-state index in [1.807, 2.05) is 6.07 Å². The molecule has 1 unspecified atom stereocenters. The first-order valence-electron chi connectivity index (χ1n) is 4.38. The lowest BCUT2D eigenvalue weighted by Gasteiger charge is -1.94. The monoisotopic (exact) mass is 231 g/mol. The van der Waals surface area contributed by atoms with Gasteiger partial charge in [-0.1, -0.05) is 30.3 Å². The van der Waals surface area contributed by atoms with Gasteiger partial charge >= 0.3 is 10.4 Å². The Morgan fingerprint density at radius 2 is 1.60 bits per heavy atom. The topological polar surface area (TPSA) is 101 Å². The first-order valence-corrected chi connectivity index (χ1v) is 5.78. The van der Waals surface area contributed by atoms with E-state index in [1.54, 1.807) is 0 Å². The summed E-state index contributed by atoms with van der Waals surface area (Å²) in [6.45, 7) is 0. The predicted molar refractivity (Wildman–Crippen MR) is 56.0 cm³/mol. The average molecular weight is 231 g/mol. The Balaban J connectivity index is 0.000000195. The lowest BCUT2D eigenvalue weighted by molar-refractivity contribution is 0.381. The zero-order valence-corrected chi connectivity index (χ0v) is 8.76. The third-order valence-corrected chi connectivity index (χ3v) is 2.07. The van der Waals surface area contributed by atoms with Gasteiger partial charge in [0.2, 0.25) is 0 Å². The summed E-state index contributed by atoms with van der Waals surface area (Å²) < 4.78 is 31.6. The number of hydrogen-bond acceptors (Lipinski definition) is 3. The summed E-state index contributed by atoms with van der Waals surface area (Å²) in [7, 11) is -4.67. The molecule has 0 heterocycles. The van der Waals surface area contributed by atoms with Gasteiger partial charge in [0.1, 0.15) is 0 Å². The van der Waals surface area contributed by atoms with Crippen LogP contribution in [0.15, 0.2) is 30.3 Å². The lowest BCUT2D eigenvalue weighted by atomic mass is 10.1. The van der Waals surface area contributed by atoms with E-state index in [4.69, 9.17) is 23.3 Å². The molecule has 0 aliphatic heterocycles. The first-order chi connectivity index (χ1) is 6.88. The second kappa shape index (κ2) is 4.71. The highest BCUT2D eigenvalue weighted by Gasteiger charge is 2.34. The summed E-state index contributed by atoms with van der Waals surface area (Å²) in [5.41, 5.74) is 7.10. The van der Waals surface area contributed by atoms with E-state index in [2.05, 4.69) is 24.3 Å². The van der Waals surface area contributed by atoms with Crippen molar-refractivity contribution in [2.75, 3.05) is 0 Å². The van der Waals surface area contributed by atoms with Gasteiger partial charge in [-0.3, -0.25) is 9.11 Å². The SMILES string of the molecule is NC1C[C@H]1c1ccccc1.O=S(=O)(O)O. The van der Waals surface area contributed by atoms with Gasteiger partial charge in [0, 0.05) is 12.0 Å². The molecule has 2 atom stereocenters. The standard InChI is InChI=1S/C9H11N.H2O4S/c10-9-6-8(9)7-4-2-1-3-5-7;1-5(2,3)4/h1-5,8-9H,6,10H2;(H2,1,2,3,4)/t8-,9?;/m0./s1. The minimum Gasteiger partial charge on any atom is -0.327 e. The molecule has 1 saturated carbocycles. The fourth-order valence-corrected chi connectivity index (χ4v) is 1.30.